The third-order valence-corrected chi connectivity index (χ3v) is 6.96. The quantitative estimate of drug-likeness (QED) is 0.387. The van der Waals surface area contributed by atoms with Crippen LogP contribution in [0.15, 0.2) is 40.5 Å². The van der Waals surface area contributed by atoms with Gasteiger partial charge in [0.15, 0.2) is 5.82 Å². The summed E-state index contributed by atoms with van der Waals surface area (Å²) in [5, 5.41) is 16.0. The zero-order valence-corrected chi connectivity index (χ0v) is 21.9. The number of aromatic nitrogens is 5. The van der Waals surface area contributed by atoms with Crippen molar-refractivity contribution in [1.82, 2.24) is 30.1 Å². The molecule has 180 valence electrons. The van der Waals surface area contributed by atoms with E-state index in [0.29, 0.717) is 13.1 Å². The molecule has 0 aliphatic rings. The van der Waals surface area contributed by atoms with Gasteiger partial charge in [0, 0.05) is 23.5 Å². The van der Waals surface area contributed by atoms with E-state index in [1.54, 1.807) is 11.3 Å². The van der Waals surface area contributed by atoms with E-state index in [1.165, 1.54) is 10.4 Å². The average molecular weight is 479 g/mol. The number of nitrogens with zero attached hydrogens (tertiary/aromatic N) is 5. The first-order chi connectivity index (χ1) is 16.0. The van der Waals surface area contributed by atoms with Crippen LogP contribution < -0.4 is 5.56 Å². The van der Waals surface area contributed by atoms with E-state index in [4.69, 9.17) is 0 Å². The molecule has 8 heteroatoms. The molecule has 0 fully saturated rings. The molecule has 1 aromatic carbocycles. The van der Waals surface area contributed by atoms with Crippen molar-refractivity contribution >= 4 is 22.2 Å². The standard InChI is InChI=1S/C26H34N6OS/c1-16(2)23(24-28-29-30-32(24)26(5,6)7)31(15-21-9-8-10-34-21)14-20-13-19-12-17(3)11-18(4)22(19)27-25(20)33/h8-13,16,23H,14-15H2,1-7H3,(H,27,33)/t23-/m0/s1. The monoisotopic (exact) mass is 478 g/mol. The Morgan fingerprint density at radius 3 is 2.56 bits per heavy atom. The first-order valence-electron chi connectivity index (χ1n) is 11.7. The van der Waals surface area contributed by atoms with Crippen LogP contribution in [-0.4, -0.2) is 30.1 Å². The fourth-order valence-corrected chi connectivity index (χ4v) is 5.39. The predicted molar refractivity (Wildman–Crippen MR) is 138 cm³/mol. The van der Waals surface area contributed by atoms with Gasteiger partial charge in [-0.1, -0.05) is 31.5 Å². The van der Waals surface area contributed by atoms with Gasteiger partial charge in [0.25, 0.3) is 5.56 Å². The van der Waals surface area contributed by atoms with E-state index in [-0.39, 0.29) is 23.1 Å². The van der Waals surface area contributed by atoms with Gasteiger partial charge in [-0.25, -0.2) is 4.68 Å². The van der Waals surface area contributed by atoms with Crippen LogP contribution in [0, 0.1) is 19.8 Å². The van der Waals surface area contributed by atoms with Gasteiger partial charge in [-0.3, -0.25) is 9.69 Å². The molecule has 0 radical (unpaired) electrons. The highest BCUT2D eigenvalue weighted by atomic mass is 32.1. The summed E-state index contributed by atoms with van der Waals surface area (Å²) in [6.45, 7) is 16.0. The minimum Gasteiger partial charge on any atom is -0.321 e. The molecule has 0 bridgehead atoms. The first-order valence-corrected chi connectivity index (χ1v) is 12.6. The lowest BCUT2D eigenvalue weighted by molar-refractivity contribution is 0.121. The van der Waals surface area contributed by atoms with Crippen LogP contribution in [0.3, 0.4) is 0 Å². The first kappa shape index (κ1) is 24.3. The van der Waals surface area contributed by atoms with E-state index in [0.717, 1.165) is 27.9 Å². The number of nitrogens with one attached hydrogen (secondary N) is 1. The van der Waals surface area contributed by atoms with Crippen LogP contribution in [0.4, 0.5) is 0 Å². The fraction of sp³-hybridized carbons (Fsp3) is 0.462. The van der Waals surface area contributed by atoms with Crippen molar-refractivity contribution in [1.29, 1.82) is 0 Å². The van der Waals surface area contributed by atoms with Gasteiger partial charge >= 0.3 is 0 Å². The van der Waals surface area contributed by atoms with Crippen molar-refractivity contribution < 1.29 is 0 Å². The van der Waals surface area contributed by atoms with Crippen molar-refractivity contribution in [2.75, 3.05) is 0 Å². The summed E-state index contributed by atoms with van der Waals surface area (Å²) >= 11 is 1.72. The van der Waals surface area contributed by atoms with E-state index in [9.17, 15) is 4.79 Å². The lowest BCUT2D eigenvalue weighted by atomic mass is 9.98. The number of pyridine rings is 1. The van der Waals surface area contributed by atoms with Gasteiger partial charge in [0.1, 0.15) is 0 Å². The second-order valence-corrected chi connectivity index (χ2v) is 11.5. The van der Waals surface area contributed by atoms with Crippen molar-refractivity contribution in [2.24, 2.45) is 5.92 Å². The Balaban J connectivity index is 1.81. The Hall–Kier alpha value is -2.84. The Morgan fingerprint density at radius 1 is 1.15 bits per heavy atom. The van der Waals surface area contributed by atoms with Gasteiger partial charge in [0.05, 0.1) is 17.1 Å². The topological polar surface area (TPSA) is 79.7 Å². The Kier molecular flexibility index (Phi) is 6.73. The minimum atomic E-state index is -0.254. The maximum Gasteiger partial charge on any atom is 0.252 e. The number of rotatable bonds is 7. The predicted octanol–water partition coefficient (Wildman–Crippen LogP) is 5.35. The van der Waals surface area contributed by atoms with E-state index >= 15 is 0 Å². The molecule has 0 aliphatic carbocycles. The Morgan fingerprint density at radius 2 is 1.91 bits per heavy atom. The third-order valence-electron chi connectivity index (χ3n) is 6.10. The number of aryl methyl sites for hydroxylation is 2. The number of H-pyrrole nitrogens is 1. The summed E-state index contributed by atoms with van der Waals surface area (Å²) in [4.78, 5) is 19.9. The lowest BCUT2D eigenvalue weighted by Crippen LogP contribution is -2.37. The van der Waals surface area contributed by atoms with Crippen molar-refractivity contribution in [3.8, 4) is 0 Å². The van der Waals surface area contributed by atoms with Crippen molar-refractivity contribution in [2.45, 2.75) is 73.1 Å². The zero-order chi connectivity index (χ0) is 24.6. The molecular formula is C26H34N6OS. The highest BCUT2D eigenvalue weighted by molar-refractivity contribution is 7.09. The molecule has 0 saturated heterocycles. The normalized spacial score (nSPS) is 13.3. The SMILES string of the molecule is Cc1cc(C)c2[nH]c(=O)c(CN(Cc3cccs3)[C@H](c3nnnn3C(C)(C)C)C(C)C)cc2c1. The van der Waals surface area contributed by atoms with Crippen molar-refractivity contribution in [3.63, 3.8) is 0 Å². The number of benzene rings is 1. The minimum absolute atomic E-state index is 0.0476. The molecular weight excluding hydrogens is 444 g/mol. The smallest absolute Gasteiger partial charge is 0.252 e. The molecule has 3 heterocycles. The third kappa shape index (κ3) is 4.98. The Bertz CT molecular complexity index is 1330. The van der Waals surface area contributed by atoms with Gasteiger partial charge in [-0.15, -0.1) is 16.4 Å². The molecule has 0 saturated carbocycles. The number of tetrazole rings is 1. The van der Waals surface area contributed by atoms with Gasteiger partial charge < -0.3 is 4.98 Å². The number of hydrogen-bond donors (Lipinski definition) is 1. The number of thiophene rings is 1. The van der Waals surface area contributed by atoms with Crippen LogP contribution in [0.25, 0.3) is 10.9 Å². The highest BCUT2D eigenvalue weighted by Crippen LogP contribution is 2.33. The second kappa shape index (κ2) is 9.43. The second-order valence-electron chi connectivity index (χ2n) is 10.5. The molecule has 3 aromatic heterocycles. The van der Waals surface area contributed by atoms with Crippen LogP contribution in [0.1, 0.15) is 68.1 Å². The molecule has 4 aromatic rings. The maximum absolute atomic E-state index is 13.2. The average Bonchev–Trinajstić information content (AvgIpc) is 3.41. The molecule has 1 atom stereocenters. The summed E-state index contributed by atoms with van der Waals surface area (Å²) in [5.74, 6) is 1.05. The zero-order valence-electron chi connectivity index (χ0n) is 21.1. The number of aromatic amines is 1. The molecule has 34 heavy (non-hydrogen) atoms. The summed E-state index contributed by atoms with van der Waals surface area (Å²) in [6, 6.07) is 10.4. The summed E-state index contributed by atoms with van der Waals surface area (Å²) in [6.07, 6.45) is 0. The molecule has 0 spiro atoms. The van der Waals surface area contributed by atoms with Gasteiger partial charge in [-0.05, 0) is 85.5 Å². The van der Waals surface area contributed by atoms with Crippen LogP contribution in [-0.2, 0) is 18.6 Å². The number of hydrogen-bond acceptors (Lipinski definition) is 6. The summed E-state index contributed by atoms with van der Waals surface area (Å²) in [5.41, 5.74) is 3.61. The molecule has 7 nitrogen and oxygen atoms in total. The lowest BCUT2D eigenvalue weighted by Gasteiger charge is -2.35. The summed E-state index contributed by atoms with van der Waals surface area (Å²) < 4.78 is 1.91. The van der Waals surface area contributed by atoms with E-state index in [1.807, 2.05) is 17.7 Å². The van der Waals surface area contributed by atoms with E-state index < -0.39 is 0 Å². The van der Waals surface area contributed by atoms with Gasteiger partial charge in [0.2, 0.25) is 0 Å². The molecule has 0 unspecified atom stereocenters. The fourth-order valence-electron chi connectivity index (χ4n) is 4.66. The molecule has 1 N–H and O–H groups in total. The van der Waals surface area contributed by atoms with Gasteiger partial charge in [-0.2, -0.15) is 0 Å². The van der Waals surface area contributed by atoms with Crippen LogP contribution >= 0.6 is 11.3 Å². The number of fused-ring (bicyclic) bond motifs is 1. The highest BCUT2D eigenvalue weighted by Gasteiger charge is 2.33. The van der Waals surface area contributed by atoms with Crippen molar-refractivity contribution in [3.05, 3.63) is 73.5 Å². The molecule has 4 rings (SSSR count). The largest absolute Gasteiger partial charge is 0.321 e. The summed E-state index contributed by atoms with van der Waals surface area (Å²) in [7, 11) is 0. The molecule has 0 aliphatic heterocycles. The van der Waals surface area contributed by atoms with Crippen LogP contribution in [0.5, 0.6) is 0 Å². The van der Waals surface area contributed by atoms with Crippen LogP contribution in [0.2, 0.25) is 0 Å². The van der Waals surface area contributed by atoms with E-state index in [2.05, 4.69) is 96.6 Å². The molecule has 0 amide bonds. The Labute approximate surface area is 204 Å². The maximum atomic E-state index is 13.2.